The van der Waals surface area contributed by atoms with E-state index in [1.807, 2.05) is 42.5 Å². The zero-order valence-corrected chi connectivity index (χ0v) is 16.2. The van der Waals surface area contributed by atoms with Crippen LogP contribution in [-0.2, 0) is 17.6 Å². The fourth-order valence-electron chi connectivity index (χ4n) is 3.00. The van der Waals surface area contributed by atoms with E-state index in [9.17, 15) is 4.79 Å². The van der Waals surface area contributed by atoms with Gasteiger partial charge < -0.3 is 9.47 Å². The second-order valence-electron chi connectivity index (χ2n) is 6.51. The average Bonchev–Trinajstić information content (AvgIpc) is 2.68. The maximum atomic E-state index is 12.4. The van der Waals surface area contributed by atoms with E-state index in [1.54, 1.807) is 0 Å². The number of rotatable bonds is 9. The molecule has 0 amide bonds. The molecule has 0 heterocycles. The van der Waals surface area contributed by atoms with Crippen LogP contribution in [0.25, 0.3) is 0 Å². The Morgan fingerprint density at radius 1 is 0.962 bits per heavy atom. The molecule has 140 valence electrons. The lowest BCUT2D eigenvalue weighted by atomic mass is 10.0. The molecule has 0 saturated carbocycles. The number of carbonyl (C=O) groups excluding carboxylic acids is 1. The maximum absolute atomic E-state index is 12.4. The summed E-state index contributed by atoms with van der Waals surface area (Å²) in [5.74, 6) is 0.593. The summed E-state index contributed by atoms with van der Waals surface area (Å²) in [6.45, 7) is 6.34. The van der Waals surface area contributed by atoms with Crippen LogP contribution in [0.5, 0.6) is 5.75 Å². The molecule has 2 aromatic rings. The van der Waals surface area contributed by atoms with Gasteiger partial charge in [0.25, 0.3) is 0 Å². The Balaban J connectivity index is 2.07. The van der Waals surface area contributed by atoms with Gasteiger partial charge in [-0.1, -0.05) is 76.1 Å². The minimum Gasteiger partial charge on any atom is -0.426 e. The van der Waals surface area contributed by atoms with Gasteiger partial charge in [0.05, 0.1) is 0 Å². The number of ether oxygens (including phenoxy) is 2. The van der Waals surface area contributed by atoms with Crippen molar-refractivity contribution in [3.63, 3.8) is 0 Å². The predicted octanol–water partition coefficient (Wildman–Crippen LogP) is 6.65. The van der Waals surface area contributed by atoms with Gasteiger partial charge in [-0.2, -0.15) is 0 Å². The van der Waals surface area contributed by atoms with E-state index < -0.39 is 6.16 Å². The highest BCUT2D eigenvalue weighted by Gasteiger charge is 2.19. The van der Waals surface area contributed by atoms with Crippen LogP contribution in [0.2, 0.25) is 0 Å². The second kappa shape index (κ2) is 10.6. The van der Waals surface area contributed by atoms with Gasteiger partial charge in [0, 0.05) is 0 Å². The standard InChI is InChI=1S/C23H30O3/c1-4-7-9-14-21(20-12-10-8-11-13-20)25-23(24)26-22-16-15-18(5-2)17-19(22)6-3/h8,10-13,15-17,21H,4-7,9,14H2,1-3H3. The first-order valence-electron chi connectivity index (χ1n) is 9.73. The number of aryl methyl sites for hydroxylation is 2. The molecule has 0 N–H and O–H groups in total. The van der Waals surface area contributed by atoms with Crippen LogP contribution < -0.4 is 4.74 Å². The van der Waals surface area contributed by atoms with Gasteiger partial charge in [-0.15, -0.1) is 0 Å². The summed E-state index contributed by atoms with van der Waals surface area (Å²) >= 11 is 0. The third kappa shape index (κ3) is 5.91. The average molecular weight is 354 g/mol. The molecular weight excluding hydrogens is 324 g/mol. The van der Waals surface area contributed by atoms with E-state index >= 15 is 0 Å². The van der Waals surface area contributed by atoms with Crippen molar-refractivity contribution in [1.82, 2.24) is 0 Å². The van der Waals surface area contributed by atoms with Gasteiger partial charge in [-0.3, -0.25) is 0 Å². The summed E-state index contributed by atoms with van der Waals surface area (Å²) in [5.41, 5.74) is 3.28. The topological polar surface area (TPSA) is 35.5 Å². The van der Waals surface area contributed by atoms with Crippen molar-refractivity contribution in [3.8, 4) is 5.75 Å². The summed E-state index contributed by atoms with van der Waals surface area (Å²) in [6.07, 6.45) is 4.97. The summed E-state index contributed by atoms with van der Waals surface area (Å²) in [6, 6.07) is 15.9. The molecule has 0 bridgehead atoms. The van der Waals surface area contributed by atoms with E-state index in [0.717, 1.165) is 49.7 Å². The first kappa shape index (κ1) is 20.0. The minimum atomic E-state index is -0.630. The SMILES string of the molecule is CCCCCC(OC(=O)Oc1ccc(CC)cc1CC)c1ccccc1. The Kier molecular flexibility index (Phi) is 8.20. The van der Waals surface area contributed by atoms with Crippen LogP contribution >= 0.6 is 0 Å². The lowest BCUT2D eigenvalue weighted by Gasteiger charge is -2.18. The first-order chi connectivity index (χ1) is 12.7. The summed E-state index contributed by atoms with van der Waals surface area (Å²) < 4.78 is 11.2. The van der Waals surface area contributed by atoms with Crippen molar-refractivity contribution in [1.29, 1.82) is 0 Å². The van der Waals surface area contributed by atoms with Crippen LogP contribution in [0.4, 0.5) is 4.79 Å². The van der Waals surface area contributed by atoms with Gasteiger partial charge in [-0.05, 0) is 48.4 Å². The normalized spacial score (nSPS) is 11.8. The molecule has 0 radical (unpaired) electrons. The molecule has 3 nitrogen and oxygen atoms in total. The number of hydrogen-bond acceptors (Lipinski definition) is 3. The van der Waals surface area contributed by atoms with Crippen LogP contribution in [0.15, 0.2) is 48.5 Å². The monoisotopic (exact) mass is 354 g/mol. The molecule has 2 rings (SSSR count). The highest BCUT2D eigenvalue weighted by atomic mass is 16.7. The zero-order chi connectivity index (χ0) is 18.8. The molecule has 26 heavy (non-hydrogen) atoms. The molecule has 2 aromatic carbocycles. The smallest absolute Gasteiger partial charge is 0.426 e. The number of carbonyl (C=O) groups is 1. The molecular formula is C23H30O3. The van der Waals surface area contributed by atoms with Gasteiger partial charge in [0.1, 0.15) is 11.9 Å². The number of hydrogen-bond donors (Lipinski definition) is 0. The lowest BCUT2D eigenvalue weighted by Crippen LogP contribution is -2.16. The van der Waals surface area contributed by atoms with Gasteiger partial charge in [0.2, 0.25) is 0 Å². The molecule has 0 aliphatic rings. The highest BCUT2D eigenvalue weighted by molar-refractivity contribution is 5.65. The Bertz CT molecular complexity index is 679. The number of benzene rings is 2. The molecule has 3 heteroatoms. The third-order valence-electron chi connectivity index (χ3n) is 4.59. The molecule has 0 fully saturated rings. The zero-order valence-electron chi connectivity index (χ0n) is 16.2. The Labute approximate surface area is 157 Å². The molecule has 1 unspecified atom stereocenters. The van der Waals surface area contributed by atoms with E-state index in [4.69, 9.17) is 9.47 Å². The van der Waals surface area contributed by atoms with Crippen LogP contribution in [-0.4, -0.2) is 6.16 Å². The second-order valence-corrected chi connectivity index (χ2v) is 6.51. The largest absolute Gasteiger partial charge is 0.514 e. The lowest BCUT2D eigenvalue weighted by molar-refractivity contribution is 0.0526. The molecule has 0 saturated heterocycles. The van der Waals surface area contributed by atoms with Crippen molar-refractivity contribution in [3.05, 3.63) is 65.2 Å². The van der Waals surface area contributed by atoms with Crippen molar-refractivity contribution >= 4 is 6.16 Å². The number of unbranched alkanes of at least 4 members (excludes halogenated alkanes) is 2. The fraction of sp³-hybridized carbons (Fsp3) is 0.435. The van der Waals surface area contributed by atoms with Crippen molar-refractivity contribution < 1.29 is 14.3 Å². The van der Waals surface area contributed by atoms with E-state index in [-0.39, 0.29) is 6.10 Å². The molecule has 1 atom stereocenters. The van der Waals surface area contributed by atoms with Crippen LogP contribution in [0.3, 0.4) is 0 Å². The molecule has 0 aromatic heterocycles. The summed E-state index contributed by atoms with van der Waals surface area (Å²) in [4.78, 5) is 12.4. The van der Waals surface area contributed by atoms with E-state index in [0.29, 0.717) is 5.75 Å². The summed E-state index contributed by atoms with van der Waals surface area (Å²) in [5, 5.41) is 0. The third-order valence-corrected chi connectivity index (χ3v) is 4.59. The van der Waals surface area contributed by atoms with E-state index in [2.05, 4.69) is 26.8 Å². The molecule has 0 aliphatic heterocycles. The van der Waals surface area contributed by atoms with Crippen molar-refractivity contribution in [2.45, 2.75) is 65.4 Å². The summed E-state index contributed by atoms with van der Waals surface area (Å²) in [7, 11) is 0. The molecule has 0 aliphatic carbocycles. The molecule has 0 spiro atoms. The minimum absolute atomic E-state index is 0.268. The quantitative estimate of drug-likeness (QED) is 0.287. The van der Waals surface area contributed by atoms with Gasteiger partial charge in [-0.25, -0.2) is 4.79 Å². The van der Waals surface area contributed by atoms with Crippen molar-refractivity contribution in [2.75, 3.05) is 0 Å². The predicted molar refractivity (Wildman–Crippen MR) is 106 cm³/mol. The van der Waals surface area contributed by atoms with Crippen LogP contribution in [0.1, 0.15) is 69.2 Å². The van der Waals surface area contributed by atoms with Crippen LogP contribution in [0, 0.1) is 0 Å². The Hall–Kier alpha value is -2.29. The maximum Gasteiger partial charge on any atom is 0.514 e. The Morgan fingerprint density at radius 3 is 2.38 bits per heavy atom. The fourth-order valence-corrected chi connectivity index (χ4v) is 3.00. The first-order valence-corrected chi connectivity index (χ1v) is 9.73. The van der Waals surface area contributed by atoms with E-state index in [1.165, 1.54) is 5.56 Å². The van der Waals surface area contributed by atoms with Gasteiger partial charge >= 0.3 is 6.16 Å². The highest BCUT2D eigenvalue weighted by Crippen LogP contribution is 2.26. The van der Waals surface area contributed by atoms with Crippen molar-refractivity contribution in [2.24, 2.45) is 0 Å². The van der Waals surface area contributed by atoms with Gasteiger partial charge in [0.15, 0.2) is 0 Å². The Morgan fingerprint density at radius 2 is 1.73 bits per heavy atom.